The highest BCUT2D eigenvalue weighted by Crippen LogP contribution is 2.31. The van der Waals surface area contributed by atoms with Gasteiger partial charge in [0.2, 0.25) is 0 Å². The number of carbonyl (C=O) groups is 1. The van der Waals surface area contributed by atoms with Crippen LogP contribution in [0.1, 0.15) is 18.7 Å². The molecule has 0 saturated carbocycles. The minimum Gasteiger partial charge on any atom is -0.481 e. The van der Waals surface area contributed by atoms with Gasteiger partial charge in [0, 0.05) is 25.2 Å². The van der Waals surface area contributed by atoms with Gasteiger partial charge in [-0.3, -0.25) is 4.79 Å². The summed E-state index contributed by atoms with van der Waals surface area (Å²) in [5.41, 5.74) is -0.855. The molecule has 0 radical (unpaired) electrons. The number of hydrogen-bond donors (Lipinski definition) is 1. The van der Waals surface area contributed by atoms with Crippen LogP contribution in [0.2, 0.25) is 0 Å². The highest BCUT2D eigenvalue weighted by atomic mass is 32.1. The van der Waals surface area contributed by atoms with Crippen LogP contribution >= 0.6 is 11.3 Å². The quantitative estimate of drug-likeness (QED) is 0.829. The number of thiazole rings is 1. The molecule has 0 amide bonds. The van der Waals surface area contributed by atoms with Gasteiger partial charge in [0.25, 0.3) is 0 Å². The molecule has 1 N–H and O–H groups in total. The van der Waals surface area contributed by atoms with Gasteiger partial charge in [0.15, 0.2) is 5.13 Å². The van der Waals surface area contributed by atoms with Crippen molar-refractivity contribution in [1.29, 1.82) is 0 Å². The number of aromatic nitrogens is 1. The Morgan fingerprint density at radius 2 is 2.14 bits per heavy atom. The molecule has 0 unspecified atom stereocenters. The summed E-state index contributed by atoms with van der Waals surface area (Å²) >= 11 is 1.41. The Hall–Kier alpha value is -1.10. The molecule has 1 heterocycles. The van der Waals surface area contributed by atoms with Crippen LogP contribution in [0.15, 0.2) is 6.20 Å². The van der Waals surface area contributed by atoms with Crippen molar-refractivity contribution in [2.75, 3.05) is 19.0 Å². The molecule has 1 aromatic rings. The molecule has 0 aliphatic rings. The zero-order valence-corrected chi connectivity index (χ0v) is 9.55. The molecule has 0 aliphatic carbocycles. The maximum absolute atomic E-state index is 11.0. The number of carboxylic acid groups (broad SMARTS) is 1. The Balaban J connectivity index is 3.03. The summed E-state index contributed by atoms with van der Waals surface area (Å²) in [6, 6.07) is 0. The van der Waals surface area contributed by atoms with Crippen LogP contribution < -0.4 is 4.90 Å². The Labute approximate surface area is 87.2 Å². The molecular weight excluding hydrogens is 200 g/mol. The Bertz CT molecular complexity index is 344. The fraction of sp³-hybridized carbons (Fsp3) is 0.556. The van der Waals surface area contributed by atoms with Crippen molar-refractivity contribution < 1.29 is 9.90 Å². The number of anilines is 1. The molecule has 0 bridgehead atoms. The SMILES string of the molecule is CN(C)c1ncc(C(C)(C)C(=O)O)s1. The van der Waals surface area contributed by atoms with E-state index in [9.17, 15) is 4.79 Å². The summed E-state index contributed by atoms with van der Waals surface area (Å²) in [6.07, 6.45) is 1.63. The van der Waals surface area contributed by atoms with E-state index in [4.69, 9.17) is 5.11 Å². The summed E-state index contributed by atoms with van der Waals surface area (Å²) in [7, 11) is 3.77. The van der Waals surface area contributed by atoms with Crippen molar-refractivity contribution >= 4 is 22.4 Å². The molecule has 14 heavy (non-hydrogen) atoms. The normalized spacial score (nSPS) is 11.4. The van der Waals surface area contributed by atoms with Crippen LogP contribution in [0.4, 0.5) is 5.13 Å². The van der Waals surface area contributed by atoms with Gasteiger partial charge in [-0.15, -0.1) is 11.3 Å². The Kier molecular flexibility index (Phi) is 2.80. The number of hydrogen-bond acceptors (Lipinski definition) is 4. The molecule has 1 rings (SSSR count). The number of nitrogens with zero attached hydrogens (tertiary/aromatic N) is 2. The molecule has 78 valence electrons. The zero-order chi connectivity index (χ0) is 10.9. The standard InChI is InChI=1S/C9H14N2O2S/c1-9(2,7(12)13)6-5-10-8(14-6)11(3)4/h5H,1-4H3,(H,12,13). The molecule has 0 aliphatic heterocycles. The first-order valence-corrected chi connectivity index (χ1v) is 5.04. The second-order valence-electron chi connectivity index (χ2n) is 3.83. The van der Waals surface area contributed by atoms with Gasteiger partial charge in [0.05, 0.1) is 5.41 Å². The van der Waals surface area contributed by atoms with Gasteiger partial charge in [0.1, 0.15) is 0 Å². The third-order valence-corrected chi connectivity index (χ3v) is 3.52. The maximum atomic E-state index is 11.0. The minimum atomic E-state index is -0.855. The molecule has 0 saturated heterocycles. The van der Waals surface area contributed by atoms with Crippen molar-refractivity contribution in [3.05, 3.63) is 11.1 Å². The van der Waals surface area contributed by atoms with Crippen molar-refractivity contribution in [2.24, 2.45) is 0 Å². The van der Waals surface area contributed by atoms with Crippen molar-refractivity contribution in [3.63, 3.8) is 0 Å². The van der Waals surface area contributed by atoms with E-state index in [-0.39, 0.29) is 0 Å². The van der Waals surface area contributed by atoms with E-state index in [1.54, 1.807) is 20.0 Å². The summed E-state index contributed by atoms with van der Waals surface area (Å²) < 4.78 is 0. The molecule has 0 atom stereocenters. The second kappa shape index (κ2) is 3.57. The lowest BCUT2D eigenvalue weighted by atomic mass is 9.93. The van der Waals surface area contributed by atoms with Crippen LogP contribution in [0.3, 0.4) is 0 Å². The van der Waals surface area contributed by atoms with E-state index in [0.717, 1.165) is 10.0 Å². The average molecular weight is 214 g/mol. The summed E-state index contributed by atoms with van der Waals surface area (Å²) in [4.78, 5) is 17.8. The van der Waals surface area contributed by atoms with E-state index in [0.29, 0.717) is 0 Å². The Morgan fingerprint density at radius 3 is 2.50 bits per heavy atom. The molecular formula is C9H14N2O2S. The van der Waals surface area contributed by atoms with Crippen LogP contribution in [0.5, 0.6) is 0 Å². The van der Waals surface area contributed by atoms with Gasteiger partial charge in [-0.1, -0.05) is 0 Å². The van der Waals surface area contributed by atoms with Gasteiger partial charge >= 0.3 is 5.97 Å². The van der Waals surface area contributed by atoms with Gasteiger partial charge in [-0.25, -0.2) is 4.98 Å². The third-order valence-electron chi connectivity index (χ3n) is 2.03. The van der Waals surface area contributed by atoms with E-state index < -0.39 is 11.4 Å². The van der Waals surface area contributed by atoms with Crippen molar-refractivity contribution in [2.45, 2.75) is 19.3 Å². The first-order valence-electron chi connectivity index (χ1n) is 4.22. The van der Waals surface area contributed by atoms with E-state index in [1.165, 1.54) is 11.3 Å². The third kappa shape index (κ3) is 1.87. The lowest BCUT2D eigenvalue weighted by Gasteiger charge is -2.16. The van der Waals surface area contributed by atoms with E-state index in [1.807, 2.05) is 19.0 Å². The fourth-order valence-corrected chi connectivity index (χ4v) is 1.80. The van der Waals surface area contributed by atoms with E-state index in [2.05, 4.69) is 4.98 Å². The predicted molar refractivity (Wildman–Crippen MR) is 57.1 cm³/mol. The monoisotopic (exact) mass is 214 g/mol. The first kappa shape index (κ1) is 11.0. The summed E-state index contributed by atoms with van der Waals surface area (Å²) in [6.45, 7) is 3.37. The summed E-state index contributed by atoms with van der Waals surface area (Å²) in [5, 5.41) is 9.84. The highest BCUT2D eigenvalue weighted by Gasteiger charge is 2.31. The number of aliphatic carboxylic acids is 1. The lowest BCUT2D eigenvalue weighted by molar-refractivity contribution is -0.142. The van der Waals surface area contributed by atoms with Crippen LogP contribution in [-0.4, -0.2) is 30.2 Å². The predicted octanol–water partition coefficient (Wildman–Crippen LogP) is 1.57. The van der Waals surface area contributed by atoms with Crippen molar-refractivity contribution in [3.8, 4) is 0 Å². The second-order valence-corrected chi connectivity index (χ2v) is 4.84. The zero-order valence-electron chi connectivity index (χ0n) is 8.74. The van der Waals surface area contributed by atoms with Crippen LogP contribution in [-0.2, 0) is 10.2 Å². The van der Waals surface area contributed by atoms with Gasteiger partial charge in [-0.2, -0.15) is 0 Å². The Morgan fingerprint density at radius 1 is 1.57 bits per heavy atom. The summed E-state index contributed by atoms with van der Waals surface area (Å²) in [5.74, 6) is -0.827. The maximum Gasteiger partial charge on any atom is 0.314 e. The number of rotatable bonds is 3. The number of carboxylic acids is 1. The van der Waals surface area contributed by atoms with Gasteiger partial charge < -0.3 is 10.0 Å². The largest absolute Gasteiger partial charge is 0.481 e. The highest BCUT2D eigenvalue weighted by molar-refractivity contribution is 7.15. The fourth-order valence-electron chi connectivity index (χ4n) is 0.866. The molecule has 5 heteroatoms. The van der Waals surface area contributed by atoms with Crippen molar-refractivity contribution in [1.82, 2.24) is 4.98 Å². The molecule has 0 fully saturated rings. The average Bonchev–Trinajstić information content (AvgIpc) is 2.51. The molecule has 1 aromatic heterocycles. The lowest BCUT2D eigenvalue weighted by Crippen LogP contribution is -2.27. The molecule has 0 spiro atoms. The topological polar surface area (TPSA) is 53.4 Å². The molecule has 4 nitrogen and oxygen atoms in total. The van der Waals surface area contributed by atoms with E-state index >= 15 is 0 Å². The minimum absolute atomic E-state index is 0.772. The first-order chi connectivity index (χ1) is 6.35. The molecule has 0 aromatic carbocycles. The smallest absolute Gasteiger partial charge is 0.314 e. The van der Waals surface area contributed by atoms with Gasteiger partial charge in [-0.05, 0) is 13.8 Å². The van der Waals surface area contributed by atoms with Crippen LogP contribution in [0, 0.1) is 0 Å². The van der Waals surface area contributed by atoms with Crippen LogP contribution in [0.25, 0.3) is 0 Å².